The summed E-state index contributed by atoms with van der Waals surface area (Å²) in [4.78, 5) is 41.1. The third kappa shape index (κ3) is 15.4. The molecule has 4 aliphatic carbocycles. The van der Waals surface area contributed by atoms with Crippen molar-refractivity contribution in [2.24, 2.45) is 15.3 Å². The summed E-state index contributed by atoms with van der Waals surface area (Å²) >= 11 is 0. The van der Waals surface area contributed by atoms with Crippen LogP contribution in [0.25, 0.3) is 54.5 Å². The molecule has 12 heterocycles. The number of allylic oxidation sites excluding steroid dienone is 8. The van der Waals surface area contributed by atoms with Crippen molar-refractivity contribution in [3.63, 3.8) is 0 Å². The van der Waals surface area contributed by atoms with Crippen LogP contribution in [0.15, 0.2) is 246 Å². The fourth-order valence-electron chi connectivity index (χ4n) is 22.2. The highest BCUT2D eigenvalue weighted by Crippen LogP contribution is 2.54. The molecule has 9 atom stereocenters. The van der Waals surface area contributed by atoms with E-state index < -0.39 is 35.2 Å². The number of nitrogens with zero attached hydrogens (tertiary/aromatic N) is 8. The number of ether oxygens (including phenoxy) is 2. The summed E-state index contributed by atoms with van der Waals surface area (Å²) in [5.74, 6) is -0.223. The van der Waals surface area contributed by atoms with Crippen molar-refractivity contribution in [3.05, 3.63) is 287 Å². The van der Waals surface area contributed by atoms with E-state index in [0.29, 0.717) is 42.4 Å². The number of esters is 2. The minimum atomic E-state index is -4.36. The number of carbonyl (C=O) groups is 3. The van der Waals surface area contributed by atoms with Crippen LogP contribution < -0.4 is 32.2 Å². The average Bonchev–Trinajstić information content (AvgIpc) is 1.52. The maximum absolute atomic E-state index is 12.8. The zero-order valence-electron chi connectivity index (χ0n) is 71.0. The van der Waals surface area contributed by atoms with E-state index in [1.54, 1.807) is 6.08 Å². The zero-order valence-corrected chi connectivity index (χ0v) is 71.0. The molecule has 0 saturated heterocycles. The van der Waals surface area contributed by atoms with Gasteiger partial charge in [-0.05, 0) is 253 Å². The first kappa shape index (κ1) is 84.5. The Kier molecular flexibility index (Phi) is 21.7. The molecule has 662 valence electrons. The smallest absolute Gasteiger partial charge is 0.416 e. The Labute approximate surface area is 737 Å². The summed E-state index contributed by atoms with van der Waals surface area (Å²) < 4.78 is 135. The van der Waals surface area contributed by atoms with E-state index in [9.17, 15) is 53.9 Å². The lowest BCUT2D eigenvalue weighted by atomic mass is 9.77. The summed E-state index contributed by atoms with van der Waals surface area (Å²) in [5.41, 5.74) is 25.5. The van der Waals surface area contributed by atoms with E-state index in [4.69, 9.17) is 9.47 Å². The minimum Gasteiger partial charge on any atom is -0.468 e. The molecule has 11 aliphatic rings. The molecule has 28 heteroatoms. The summed E-state index contributed by atoms with van der Waals surface area (Å²) in [6.07, 6.45) is 22.2. The first-order valence-corrected chi connectivity index (χ1v) is 44.3. The number of hydrogen-bond donors (Lipinski definition) is 6. The van der Waals surface area contributed by atoms with E-state index in [1.807, 2.05) is 42.6 Å². The predicted molar refractivity (Wildman–Crippen MR) is 482 cm³/mol. The topological polar surface area (TPSA) is 212 Å². The van der Waals surface area contributed by atoms with E-state index in [1.165, 1.54) is 134 Å². The highest BCUT2D eigenvalue weighted by molar-refractivity contribution is 6.10. The summed E-state index contributed by atoms with van der Waals surface area (Å²) in [5, 5.41) is 30.4. The van der Waals surface area contributed by atoms with Crippen LogP contribution in [0.5, 0.6) is 0 Å². The van der Waals surface area contributed by atoms with Crippen LogP contribution in [0.2, 0.25) is 0 Å². The van der Waals surface area contributed by atoms with Crippen LogP contribution in [-0.4, -0.2) is 91.0 Å². The Balaban J connectivity index is 0.000000109. The second-order valence-electron chi connectivity index (χ2n) is 35.6. The number of nitrogens with one attached hydrogen (secondary N) is 6. The number of hydrogen-bond acceptors (Lipinski definition) is 15. The molecular weight excluding hydrogens is 1660 g/mol. The number of hydrazone groups is 3. The van der Waals surface area contributed by atoms with Crippen LogP contribution in [0.4, 0.5) is 56.6 Å². The van der Waals surface area contributed by atoms with Gasteiger partial charge < -0.3 is 33.1 Å². The van der Waals surface area contributed by atoms with Crippen LogP contribution in [-0.2, 0) is 90.2 Å². The number of aryl methyl sites for hydroxylation is 1. The number of para-hydroxylation sites is 4. The predicted octanol–water partition coefficient (Wildman–Crippen LogP) is 21.3. The standard InChI is InChI=1S/2C28H27F3N4O2.C26H25F3N4.C19H16N2O/c2*1-37-26(36)23-16-21-20-4-2-3-5-24(20)35-25(21)22(32-23)12-15-27(35)13-10-19(11-14-27)34-33-18-8-6-17(7-9-18)28(29,30)31;27-26(28,29)17-5-7-18(8-6-17)31-32-19-9-13-25(14-10-19)15-11-22-24-21(12-16-30-22)20-3-1-2-4-23(20)33(24)25;22-13-5-9-19(10-6-13)11-7-16-18-15(8-12-20-16)14-3-1-2-4-17(14)21(18)19/h2*2-10,13,22-23,32-33H,11-12,14-16H2,1H3;1-9,13,22,30-31H,10-12,14-16H2;1-5,8-9,12H,6-7,10-11H2/b2*34-19+;32-19+;/t22-,23-,27+;22-,23-,27-;22-,25+;19-/m0101/s1. The second kappa shape index (κ2) is 33.1. The van der Waals surface area contributed by atoms with E-state index >= 15 is 0 Å². The molecule has 7 aliphatic heterocycles. The molecule has 0 fully saturated rings. The highest BCUT2D eigenvalue weighted by Gasteiger charge is 2.50. The van der Waals surface area contributed by atoms with E-state index in [-0.39, 0.29) is 64.0 Å². The normalized spacial score (nSPS) is 25.4. The number of carbonyl (C=O) groups excluding carboxylic acids is 3. The molecule has 129 heavy (non-hydrogen) atoms. The molecule has 23 rings (SSSR count). The van der Waals surface area contributed by atoms with Crippen LogP contribution in [0.1, 0.15) is 171 Å². The number of ketones is 1. The quantitative estimate of drug-likeness (QED) is 0.0477. The van der Waals surface area contributed by atoms with Crippen LogP contribution in [0.3, 0.4) is 0 Å². The number of fused-ring (bicyclic) bond motifs is 16. The van der Waals surface area contributed by atoms with Gasteiger partial charge in [-0.15, -0.1) is 0 Å². The lowest BCUT2D eigenvalue weighted by Gasteiger charge is -2.45. The molecule has 7 aromatic carbocycles. The van der Waals surface area contributed by atoms with Gasteiger partial charge in [-0.2, -0.15) is 54.8 Å². The summed E-state index contributed by atoms with van der Waals surface area (Å²) in [7, 11) is 2.86. The third-order valence-corrected chi connectivity index (χ3v) is 28.4. The molecule has 5 aromatic heterocycles. The first-order valence-electron chi connectivity index (χ1n) is 44.3. The lowest BCUT2D eigenvalue weighted by molar-refractivity contribution is -0.144. The molecule has 6 N–H and O–H groups in total. The number of anilines is 3. The SMILES string of the molecule is COC(=O)[C@@H]1Cc2c3n(c4ccccc24)[C@@]2(C=C/C(=N\Nc4ccc(C(F)(F)F)cc4)CC2)CC[C@@H]3N1.COC(=O)[C@H]1Cc2c3n(c4ccccc24)[C@@]2(C=C/C(=N\Nc4ccc(C(F)(F)F)cc4)CC2)CC[C@H]3N1.FC(F)(F)c1ccc(N/N=C2\C=C[C@@]3(CC2)CC[C@@H]2NCCc4c2n3c2ccccc42)cc1.O=C1C=C[C@@]2(CC1)CCc1nccc3c4ccccc4n2c13. The van der Waals surface area contributed by atoms with Crippen molar-refractivity contribution in [2.75, 3.05) is 37.0 Å². The number of aromatic nitrogens is 5. The number of rotatable bonds is 8. The van der Waals surface area contributed by atoms with Gasteiger partial charge in [0.05, 0.1) is 98.5 Å². The Morgan fingerprint density at radius 1 is 0.403 bits per heavy atom. The zero-order chi connectivity index (χ0) is 88.9. The summed E-state index contributed by atoms with van der Waals surface area (Å²) in [6, 6.07) is 50.7. The van der Waals surface area contributed by atoms with Gasteiger partial charge in [0, 0.05) is 110 Å². The third-order valence-electron chi connectivity index (χ3n) is 28.4. The van der Waals surface area contributed by atoms with Gasteiger partial charge in [-0.1, -0.05) is 97.1 Å². The maximum atomic E-state index is 12.8. The first-order chi connectivity index (χ1) is 62.3. The van der Waals surface area contributed by atoms with Gasteiger partial charge in [0.1, 0.15) is 12.1 Å². The molecule has 0 unspecified atom stereocenters. The molecule has 4 spiro atoms. The van der Waals surface area contributed by atoms with Crippen molar-refractivity contribution < 1.29 is 63.4 Å². The average molecular weight is 1760 g/mol. The van der Waals surface area contributed by atoms with E-state index in [2.05, 4.69) is 180 Å². The Morgan fingerprint density at radius 3 is 1.15 bits per heavy atom. The van der Waals surface area contributed by atoms with Gasteiger partial charge in [0.25, 0.3) is 0 Å². The number of alkyl halides is 9. The number of benzene rings is 7. The number of pyridine rings is 1. The van der Waals surface area contributed by atoms with Crippen LogP contribution >= 0.6 is 0 Å². The van der Waals surface area contributed by atoms with Gasteiger partial charge >= 0.3 is 30.5 Å². The van der Waals surface area contributed by atoms with E-state index in [0.717, 1.165) is 174 Å². The summed E-state index contributed by atoms with van der Waals surface area (Å²) in [6.45, 7) is 1.03. The fraction of sp³-hybridized carbons (Fsp3) is 0.337. The number of methoxy groups -OCH3 is 2. The molecule has 0 saturated carbocycles. The van der Waals surface area contributed by atoms with Gasteiger partial charge in [0.15, 0.2) is 5.78 Å². The Morgan fingerprint density at radius 2 is 0.760 bits per heavy atom. The minimum absolute atomic E-state index is 0.0594. The Hall–Kier alpha value is -12.7. The monoisotopic (exact) mass is 1750 g/mol. The van der Waals surface area contributed by atoms with Crippen molar-refractivity contribution >= 4 is 106 Å². The molecule has 0 bridgehead atoms. The molecule has 0 amide bonds. The Bertz CT molecular complexity index is 6450. The maximum Gasteiger partial charge on any atom is 0.416 e. The van der Waals surface area contributed by atoms with Crippen molar-refractivity contribution in [2.45, 2.75) is 193 Å². The molecule has 0 radical (unpaired) electrons. The van der Waals surface area contributed by atoms with Crippen molar-refractivity contribution in [3.8, 4) is 0 Å². The van der Waals surface area contributed by atoms with Gasteiger partial charge in [0.2, 0.25) is 0 Å². The van der Waals surface area contributed by atoms with Crippen molar-refractivity contribution in [1.82, 2.24) is 39.2 Å². The van der Waals surface area contributed by atoms with Gasteiger partial charge in [-0.3, -0.25) is 46.3 Å². The molecule has 19 nitrogen and oxygen atoms in total. The largest absolute Gasteiger partial charge is 0.468 e. The molecular formula is C101H95F9N14O5. The van der Waals surface area contributed by atoms with Crippen LogP contribution in [0, 0.1) is 0 Å². The van der Waals surface area contributed by atoms with Gasteiger partial charge in [-0.25, -0.2) is 0 Å². The lowest BCUT2D eigenvalue weighted by Crippen LogP contribution is -2.50. The number of halogens is 9. The second-order valence-corrected chi connectivity index (χ2v) is 35.6. The highest BCUT2D eigenvalue weighted by atomic mass is 19.4. The fourth-order valence-corrected chi connectivity index (χ4v) is 22.2. The van der Waals surface area contributed by atoms with Crippen molar-refractivity contribution in [1.29, 1.82) is 0 Å². The molecule has 12 aromatic rings.